The smallest absolute Gasteiger partial charge is 0.146 e. The molecule has 0 atom stereocenters. The summed E-state index contributed by atoms with van der Waals surface area (Å²) in [5.74, 6) is 0.642. The van der Waals surface area contributed by atoms with Gasteiger partial charge in [0.2, 0.25) is 0 Å². The van der Waals surface area contributed by atoms with E-state index in [0.29, 0.717) is 19.2 Å². The summed E-state index contributed by atoms with van der Waals surface area (Å²) >= 11 is 4.58. The lowest BCUT2D eigenvalue weighted by Crippen LogP contribution is -1.98. The van der Waals surface area contributed by atoms with Gasteiger partial charge in [-0.05, 0) is 0 Å². The molecule has 0 aromatic heterocycles. The molecule has 0 aromatic rings. The maximum Gasteiger partial charge on any atom is 0.146 e. The van der Waals surface area contributed by atoms with Gasteiger partial charge in [0.15, 0.2) is 0 Å². The van der Waals surface area contributed by atoms with Crippen molar-refractivity contribution in [2.45, 2.75) is 0 Å². The topological polar surface area (TPSA) is 18.5 Å². The average Bonchev–Trinajstić information content (AvgIpc) is 1.69. The molecule has 2 nitrogen and oxygen atoms in total. The Labute approximate surface area is 49.2 Å². The molecule has 0 saturated carbocycles. The maximum atomic E-state index is 4.81. The molecule has 0 aliphatic rings. The van der Waals surface area contributed by atoms with Crippen molar-refractivity contribution in [3.05, 3.63) is 0 Å². The maximum absolute atomic E-state index is 4.81. The SMILES string of the molecule is COCOCC[S]. The average molecular weight is 121 g/mol. The highest BCUT2D eigenvalue weighted by atomic mass is 32.1. The molecule has 1 radical (unpaired) electrons. The fourth-order valence-corrected chi connectivity index (χ4v) is 0.319. The summed E-state index contributed by atoms with van der Waals surface area (Å²) in [5.41, 5.74) is 0. The van der Waals surface area contributed by atoms with E-state index in [1.54, 1.807) is 7.11 Å². The first-order valence-corrected chi connectivity index (χ1v) is 2.64. The fourth-order valence-electron chi connectivity index (χ4n) is 0.201. The van der Waals surface area contributed by atoms with Gasteiger partial charge in [-0.25, -0.2) is 0 Å². The van der Waals surface area contributed by atoms with Gasteiger partial charge in [0.1, 0.15) is 6.79 Å². The summed E-state index contributed by atoms with van der Waals surface area (Å²) in [7, 11) is 1.59. The quantitative estimate of drug-likeness (QED) is 0.404. The second-order valence-corrected chi connectivity index (χ2v) is 1.43. The predicted molar refractivity (Wildman–Crippen MR) is 30.3 cm³/mol. The Hall–Kier alpha value is 0.270. The molecule has 7 heavy (non-hydrogen) atoms. The lowest BCUT2D eigenvalue weighted by Gasteiger charge is -1.95. The summed E-state index contributed by atoms with van der Waals surface area (Å²) in [6, 6.07) is 0. The van der Waals surface area contributed by atoms with E-state index in [1.165, 1.54) is 0 Å². The lowest BCUT2D eigenvalue weighted by molar-refractivity contribution is -0.0238. The van der Waals surface area contributed by atoms with Crippen molar-refractivity contribution in [1.82, 2.24) is 0 Å². The predicted octanol–water partition coefficient (Wildman–Crippen LogP) is 0.804. The second kappa shape index (κ2) is 6.27. The first-order chi connectivity index (χ1) is 3.41. The van der Waals surface area contributed by atoms with E-state index in [2.05, 4.69) is 17.4 Å². The highest BCUT2D eigenvalue weighted by Gasteiger charge is 1.78. The molecule has 0 amide bonds. The van der Waals surface area contributed by atoms with E-state index >= 15 is 0 Å². The zero-order valence-electron chi connectivity index (χ0n) is 4.35. The van der Waals surface area contributed by atoms with Crippen LogP contribution < -0.4 is 0 Å². The summed E-state index contributed by atoms with van der Waals surface area (Å²) in [4.78, 5) is 0. The second-order valence-electron chi connectivity index (χ2n) is 1.02. The number of ether oxygens (including phenoxy) is 2. The van der Waals surface area contributed by atoms with Gasteiger partial charge in [0.25, 0.3) is 0 Å². The van der Waals surface area contributed by atoms with Crippen LogP contribution in [0.5, 0.6) is 0 Å². The Morgan fingerprint density at radius 2 is 2.29 bits per heavy atom. The van der Waals surface area contributed by atoms with Crippen molar-refractivity contribution in [1.29, 1.82) is 0 Å². The van der Waals surface area contributed by atoms with Gasteiger partial charge in [0, 0.05) is 12.9 Å². The standard InChI is InChI=1S/C4H9O2S/c1-5-4-6-2-3-7/h2-4H2,1H3. The van der Waals surface area contributed by atoms with Crippen molar-refractivity contribution in [2.75, 3.05) is 26.3 Å². The fraction of sp³-hybridized carbons (Fsp3) is 1.00. The molecule has 0 spiro atoms. The van der Waals surface area contributed by atoms with E-state index in [9.17, 15) is 0 Å². The molecule has 0 saturated heterocycles. The van der Waals surface area contributed by atoms with Crippen molar-refractivity contribution < 1.29 is 9.47 Å². The first-order valence-electron chi connectivity index (χ1n) is 2.06. The highest BCUT2D eigenvalue weighted by Crippen LogP contribution is 1.76. The third-order valence-electron chi connectivity index (χ3n) is 0.429. The molecule has 3 heteroatoms. The number of rotatable bonds is 4. The molecule has 0 fully saturated rings. The molecular weight excluding hydrogens is 112 g/mol. The van der Waals surface area contributed by atoms with Crippen LogP contribution in [0.3, 0.4) is 0 Å². The van der Waals surface area contributed by atoms with Crippen LogP contribution in [0.1, 0.15) is 0 Å². The van der Waals surface area contributed by atoms with Crippen LogP contribution >= 0.6 is 12.6 Å². The van der Waals surface area contributed by atoms with E-state index in [4.69, 9.17) is 4.74 Å². The Morgan fingerprint density at radius 1 is 1.57 bits per heavy atom. The molecule has 0 N–H and O–H groups in total. The van der Waals surface area contributed by atoms with Gasteiger partial charge in [-0.2, -0.15) is 0 Å². The van der Waals surface area contributed by atoms with Crippen LogP contribution in [0.4, 0.5) is 0 Å². The molecule has 0 aromatic carbocycles. The largest absolute Gasteiger partial charge is 0.359 e. The van der Waals surface area contributed by atoms with Crippen molar-refractivity contribution in [2.24, 2.45) is 0 Å². The Kier molecular flexibility index (Phi) is 6.51. The molecule has 0 aliphatic heterocycles. The molecule has 0 rings (SSSR count). The first kappa shape index (κ1) is 7.27. The van der Waals surface area contributed by atoms with Gasteiger partial charge in [-0.3, -0.25) is 0 Å². The van der Waals surface area contributed by atoms with E-state index in [0.717, 1.165) is 0 Å². The minimum absolute atomic E-state index is 0.358. The molecule has 0 bridgehead atoms. The molecule has 0 aliphatic carbocycles. The van der Waals surface area contributed by atoms with Gasteiger partial charge in [-0.1, -0.05) is 12.6 Å². The van der Waals surface area contributed by atoms with Crippen molar-refractivity contribution >= 4 is 12.6 Å². The third-order valence-corrected chi connectivity index (χ3v) is 0.596. The van der Waals surface area contributed by atoms with Crippen molar-refractivity contribution in [3.63, 3.8) is 0 Å². The lowest BCUT2D eigenvalue weighted by atomic mass is 10.9. The van der Waals surface area contributed by atoms with Gasteiger partial charge >= 0.3 is 0 Å². The van der Waals surface area contributed by atoms with Gasteiger partial charge in [0.05, 0.1) is 6.61 Å². The Balaban J connectivity index is 2.45. The molecule has 43 valence electrons. The van der Waals surface area contributed by atoms with Crippen molar-refractivity contribution in [3.8, 4) is 0 Å². The van der Waals surface area contributed by atoms with Crippen LogP contribution in [0.25, 0.3) is 0 Å². The van der Waals surface area contributed by atoms with Crippen LogP contribution in [0.2, 0.25) is 0 Å². The summed E-state index contributed by atoms with van der Waals surface area (Å²) in [6.07, 6.45) is 0. The van der Waals surface area contributed by atoms with E-state index in [-0.39, 0.29) is 0 Å². The number of hydrogen-bond acceptors (Lipinski definition) is 2. The highest BCUT2D eigenvalue weighted by molar-refractivity contribution is 7.80. The third kappa shape index (κ3) is 6.27. The van der Waals surface area contributed by atoms with Gasteiger partial charge in [-0.15, -0.1) is 0 Å². The minimum atomic E-state index is 0.358. The van der Waals surface area contributed by atoms with E-state index in [1.807, 2.05) is 0 Å². The summed E-state index contributed by atoms with van der Waals surface area (Å²) in [5, 5.41) is 0. The summed E-state index contributed by atoms with van der Waals surface area (Å²) in [6.45, 7) is 0.972. The van der Waals surface area contributed by atoms with Gasteiger partial charge < -0.3 is 9.47 Å². The number of hydrogen-bond donors (Lipinski definition) is 0. The zero-order chi connectivity index (χ0) is 5.54. The summed E-state index contributed by atoms with van der Waals surface area (Å²) < 4.78 is 9.38. The monoisotopic (exact) mass is 121 g/mol. The molecular formula is C4H9O2S. The minimum Gasteiger partial charge on any atom is -0.359 e. The van der Waals surface area contributed by atoms with E-state index < -0.39 is 0 Å². The Bertz CT molecular complexity index is 28.9. The van der Waals surface area contributed by atoms with Crippen LogP contribution in [0, 0.1) is 0 Å². The Morgan fingerprint density at radius 3 is 2.71 bits per heavy atom. The zero-order valence-corrected chi connectivity index (χ0v) is 5.16. The van der Waals surface area contributed by atoms with Crippen LogP contribution in [-0.2, 0) is 9.47 Å². The molecule has 0 unspecified atom stereocenters. The normalized spacial score (nSPS) is 9.43. The molecule has 0 heterocycles. The van der Waals surface area contributed by atoms with Crippen LogP contribution in [0.15, 0.2) is 0 Å². The van der Waals surface area contributed by atoms with Crippen LogP contribution in [-0.4, -0.2) is 26.3 Å². The number of methoxy groups -OCH3 is 1.